The number of carbonyl (C=O) groups is 1. The molecule has 3 heteroatoms. The van der Waals surface area contributed by atoms with Gasteiger partial charge in [-0.25, -0.2) is 0 Å². The van der Waals surface area contributed by atoms with Crippen LogP contribution in [-0.4, -0.2) is 19.5 Å². The predicted octanol–water partition coefficient (Wildman–Crippen LogP) is 3.25. The van der Waals surface area contributed by atoms with Crippen LogP contribution in [-0.2, 0) is 11.2 Å². The van der Waals surface area contributed by atoms with Crippen LogP contribution in [0.1, 0.15) is 32.8 Å². The molecule has 18 heavy (non-hydrogen) atoms. The lowest BCUT2D eigenvalue weighted by Gasteiger charge is -2.13. The molecule has 0 amide bonds. The van der Waals surface area contributed by atoms with Gasteiger partial charge in [0.1, 0.15) is 5.78 Å². The highest BCUT2D eigenvalue weighted by Crippen LogP contribution is 2.28. The molecule has 0 unspecified atom stereocenters. The molecule has 0 spiro atoms. The first-order valence-corrected chi connectivity index (χ1v) is 6.38. The molecule has 1 aromatic carbocycles. The molecule has 0 fully saturated rings. The van der Waals surface area contributed by atoms with Gasteiger partial charge in [-0.3, -0.25) is 4.79 Å². The normalized spacial score (nSPS) is 10.5. The van der Waals surface area contributed by atoms with Gasteiger partial charge in [-0.15, -0.1) is 0 Å². The van der Waals surface area contributed by atoms with Crippen LogP contribution < -0.4 is 9.47 Å². The molecule has 0 aliphatic carbocycles. The molecule has 0 atom stereocenters. The number of carbonyl (C=O) groups excluding carboxylic acids is 1. The van der Waals surface area contributed by atoms with Crippen LogP contribution in [0.2, 0.25) is 0 Å². The zero-order valence-corrected chi connectivity index (χ0v) is 11.7. The van der Waals surface area contributed by atoms with E-state index in [9.17, 15) is 4.79 Å². The smallest absolute Gasteiger partial charge is 0.161 e. The monoisotopic (exact) mass is 250 g/mol. The summed E-state index contributed by atoms with van der Waals surface area (Å²) < 4.78 is 11.0. The topological polar surface area (TPSA) is 35.5 Å². The second-order valence-corrected chi connectivity index (χ2v) is 4.76. The van der Waals surface area contributed by atoms with Gasteiger partial charge in [-0.2, -0.15) is 0 Å². The van der Waals surface area contributed by atoms with Gasteiger partial charge < -0.3 is 9.47 Å². The molecule has 0 aliphatic rings. The Balaban J connectivity index is 2.83. The molecule has 0 radical (unpaired) electrons. The third kappa shape index (κ3) is 4.40. The standard InChI is InChI=1S/C15H22O3/c1-5-13(16)8-12-6-7-14(17-4)15(9-12)18-10-11(2)3/h6-7,9,11H,5,8,10H2,1-4H3. The Hall–Kier alpha value is -1.51. The molecule has 0 aromatic heterocycles. The van der Waals surface area contributed by atoms with E-state index in [1.54, 1.807) is 7.11 Å². The van der Waals surface area contributed by atoms with Crippen molar-refractivity contribution in [3.05, 3.63) is 23.8 Å². The van der Waals surface area contributed by atoms with Gasteiger partial charge in [0.05, 0.1) is 13.7 Å². The summed E-state index contributed by atoms with van der Waals surface area (Å²) in [5.41, 5.74) is 0.974. The minimum absolute atomic E-state index is 0.231. The Bertz CT molecular complexity index is 397. The maximum absolute atomic E-state index is 11.4. The summed E-state index contributed by atoms with van der Waals surface area (Å²) in [5.74, 6) is 2.11. The third-order valence-corrected chi connectivity index (χ3v) is 2.60. The SMILES string of the molecule is CCC(=O)Cc1ccc(OC)c(OCC(C)C)c1. The van der Waals surface area contributed by atoms with Gasteiger partial charge in [-0.05, 0) is 23.6 Å². The first kappa shape index (κ1) is 14.6. The molecule has 1 aromatic rings. The molecule has 0 saturated carbocycles. The molecule has 1 rings (SSSR count). The summed E-state index contributed by atoms with van der Waals surface area (Å²) in [5, 5.41) is 0. The fraction of sp³-hybridized carbons (Fsp3) is 0.533. The first-order valence-electron chi connectivity index (χ1n) is 6.38. The van der Waals surface area contributed by atoms with Gasteiger partial charge in [-0.1, -0.05) is 26.8 Å². The molecule has 0 aliphatic heterocycles. The summed E-state index contributed by atoms with van der Waals surface area (Å²) in [6.45, 7) is 6.71. The maximum atomic E-state index is 11.4. The second kappa shape index (κ2) is 7.04. The molecule has 0 heterocycles. The van der Waals surface area contributed by atoms with E-state index >= 15 is 0 Å². The number of hydrogen-bond donors (Lipinski definition) is 0. The molecule has 0 bridgehead atoms. The minimum Gasteiger partial charge on any atom is -0.493 e. The molecule has 0 N–H and O–H groups in total. The molecular formula is C15H22O3. The molecule has 0 saturated heterocycles. The number of benzene rings is 1. The Kier molecular flexibility index (Phi) is 5.69. The van der Waals surface area contributed by atoms with Crippen LogP contribution in [0.15, 0.2) is 18.2 Å². The van der Waals surface area contributed by atoms with Crippen molar-refractivity contribution in [2.75, 3.05) is 13.7 Å². The Morgan fingerprint density at radius 3 is 2.56 bits per heavy atom. The Morgan fingerprint density at radius 2 is 2.00 bits per heavy atom. The zero-order valence-electron chi connectivity index (χ0n) is 11.7. The van der Waals surface area contributed by atoms with Crippen molar-refractivity contribution >= 4 is 5.78 Å². The van der Waals surface area contributed by atoms with Crippen LogP contribution in [0, 0.1) is 5.92 Å². The molecular weight excluding hydrogens is 228 g/mol. The largest absolute Gasteiger partial charge is 0.493 e. The highest BCUT2D eigenvalue weighted by molar-refractivity contribution is 5.80. The predicted molar refractivity (Wildman–Crippen MR) is 72.3 cm³/mol. The summed E-state index contributed by atoms with van der Waals surface area (Å²) in [7, 11) is 1.62. The van der Waals surface area contributed by atoms with Crippen molar-refractivity contribution in [1.82, 2.24) is 0 Å². The van der Waals surface area contributed by atoms with E-state index in [-0.39, 0.29) is 5.78 Å². The van der Waals surface area contributed by atoms with Crippen molar-refractivity contribution in [3.63, 3.8) is 0 Å². The quantitative estimate of drug-likeness (QED) is 0.745. The zero-order chi connectivity index (χ0) is 13.5. The van der Waals surface area contributed by atoms with E-state index in [1.165, 1.54) is 0 Å². The lowest BCUT2D eigenvalue weighted by atomic mass is 10.1. The van der Waals surface area contributed by atoms with Gasteiger partial charge in [0.2, 0.25) is 0 Å². The summed E-state index contributed by atoms with van der Waals surface area (Å²) >= 11 is 0. The highest BCUT2D eigenvalue weighted by Gasteiger charge is 2.08. The first-order chi connectivity index (χ1) is 8.56. The summed E-state index contributed by atoms with van der Waals surface area (Å²) in [6.07, 6.45) is 1.02. The lowest BCUT2D eigenvalue weighted by molar-refractivity contribution is -0.118. The van der Waals surface area contributed by atoms with Gasteiger partial charge >= 0.3 is 0 Å². The number of ether oxygens (including phenoxy) is 2. The van der Waals surface area contributed by atoms with E-state index in [1.807, 2.05) is 25.1 Å². The fourth-order valence-electron chi connectivity index (χ4n) is 1.55. The Labute approximate surface area is 109 Å². The van der Waals surface area contributed by atoms with Crippen LogP contribution in [0.5, 0.6) is 11.5 Å². The van der Waals surface area contributed by atoms with Crippen molar-refractivity contribution < 1.29 is 14.3 Å². The van der Waals surface area contributed by atoms with Crippen LogP contribution in [0.4, 0.5) is 0 Å². The third-order valence-electron chi connectivity index (χ3n) is 2.60. The van der Waals surface area contributed by atoms with Crippen LogP contribution in [0.3, 0.4) is 0 Å². The number of Topliss-reactive ketones (excluding diaryl/α,β-unsaturated/α-hetero) is 1. The van der Waals surface area contributed by atoms with E-state index in [0.29, 0.717) is 36.9 Å². The average molecular weight is 250 g/mol. The lowest BCUT2D eigenvalue weighted by Crippen LogP contribution is -2.06. The summed E-state index contributed by atoms with van der Waals surface area (Å²) in [6, 6.07) is 5.66. The van der Waals surface area contributed by atoms with Crippen molar-refractivity contribution in [3.8, 4) is 11.5 Å². The fourth-order valence-corrected chi connectivity index (χ4v) is 1.55. The van der Waals surface area contributed by atoms with Crippen LogP contribution in [0.25, 0.3) is 0 Å². The van der Waals surface area contributed by atoms with Crippen LogP contribution >= 0.6 is 0 Å². The Morgan fingerprint density at radius 1 is 1.28 bits per heavy atom. The minimum atomic E-state index is 0.231. The second-order valence-electron chi connectivity index (χ2n) is 4.76. The number of ketones is 1. The van der Waals surface area contributed by atoms with E-state index in [0.717, 1.165) is 5.56 Å². The number of rotatable bonds is 7. The van der Waals surface area contributed by atoms with Crippen molar-refractivity contribution in [2.45, 2.75) is 33.6 Å². The summed E-state index contributed by atoms with van der Waals surface area (Å²) in [4.78, 5) is 11.4. The average Bonchev–Trinajstić information content (AvgIpc) is 2.36. The van der Waals surface area contributed by atoms with Gasteiger partial charge in [0, 0.05) is 12.8 Å². The number of hydrogen-bond acceptors (Lipinski definition) is 3. The van der Waals surface area contributed by atoms with E-state index < -0.39 is 0 Å². The van der Waals surface area contributed by atoms with E-state index in [4.69, 9.17) is 9.47 Å². The molecule has 3 nitrogen and oxygen atoms in total. The molecule has 100 valence electrons. The van der Waals surface area contributed by atoms with Crippen molar-refractivity contribution in [2.24, 2.45) is 5.92 Å². The van der Waals surface area contributed by atoms with E-state index in [2.05, 4.69) is 13.8 Å². The highest BCUT2D eigenvalue weighted by atomic mass is 16.5. The van der Waals surface area contributed by atoms with Crippen molar-refractivity contribution in [1.29, 1.82) is 0 Å². The van der Waals surface area contributed by atoms with Gasteiger partial charge in [0.25, 0.3) is 0 Å². The maximum Gasteiger partial charge on any atom is 0.161 e. The van der Waals surface area contributed by atoms with Gasteiger partial charge in [0.15, 0.2) is 11.5 Å². The number of methoxy groups -OCH3 is 1.